The van der Waals surface area contributed by atoms with Crippen LogP contribution in [0, 0.1) is 5.92 Å². The van der Waals surface area contributed by atoms with Crippen LogP contribution in [-0.2, 0) is 4.79 Å². The molecular formula is C18H27NO5. The summed E-state index contributed by atoms with van der Waals surface area (Å²) in [5.74, 6) is 0.244. The van der Waals surface area contributed by atoms with E-state index in [-0.39, 0.29) is 24.8 Å². The van der Waals surface area contributed by atoms with E-state index in [2.05, 4.69) is 0 Å². The predicted molar refractivity (Wildman–Crippen MR) is 91.8 cm³/mol. The van der Waals surface area contributed by atoms with Crippen LogP contribution < -0.4 is 9.47 Å². The summed E-state index contributed by atoms with van der Waals surface area (Å²) in [5.41, 5.74) is 0.466. The number of carboxylic acids is 1. The molecule has 0 aromatic heterocycles. The second kappa shape index (κ2) is 9.80. The molecule has 0 fully saturated rings. The van der Waals surface area contributed by atoms with Crippen LogP contribution in [0.3, 0.4) is 0 Å². The summed E-state index contributed by atoms with van der Waals surface area (Å²) in [4.78, 5) is 25.2. The molecule has 1 aromatic carbocycles. The minimum atomic E-state index is -0.918. The number of hydrogen-bond acceptors (Lipinski definition) is 4. The maximum atomic E-state index is 12.8. The van der Waals surface area contributed by atoms with Crippen molar-refractivity contribution in [1.82, 2.24) is 4.90 Å². The molecule has 1 rings (SSSR count). The number of benzene rings is 1. The topological polar surface area (TPSA) is 76.1 Å². The Morgan fingerprint density at radius 1 is 1.12 bits per heavy atom. The van der Waals surface area contributed by atoms with Crippen molar-refractivity contribution >= 4 is 11.9 Å². The quantitative estimate of drug-likeness (QED) is 0.710. The third-order valence-corrected chi connectivity index (χ3v) is 3.26. The molecule has 6 heteroatoms. The minimum Gasteiger partial charge on any atom is -0.490 e. The Kier molecular flexibility index (Phi) is 8.09. The number of carboxylic acid groups (broad SMARTS) is 1. The van der Waals surface area contributed by atoms with Gasteiger partial charge in [-0.05, 0) is 38.0 Å². The van der Waals surface area contributed by atoms with Gasteiger partial charge in [0.25, 0.3) is 5.91 Å². The van der Waals surface area contributed by atoms with Gasteiger partial charge in [0.15, 0.2) is 11.5 Å². The molecule has 0 aliphatic carbocycles. The summed E-state index contributed by atoms with van der Waals surface area (Å²) in [6.07, 6.45) is -0.0756. The summed E-state index contributed by atoms with van der Waals surface area (Å²) in [7, 11) is 0. The third-order valence-electron chi connectivity index (χ3n) is 3.26. The van der Waals surface area contributed by atoms with Crippen molar-refractivity contribution in [2.75, 3.05) is 26.3 Å². The predicted octanol–water partition coefficient (Wildman–Crippen LogP) is 3.06. The lowest BCUT2D eigenvalue weighted by molar-refractivity contribution is -0.137. The summed E-state index contributed by atoms with van der Waals surface area (Å²) < 4.78 is 11.1. The zero-order valence-electron chi connectivity index (χ0n) is 14.9. The standard InChI is InChI=1S/C18H27NO5/c1-5-23-15-8-7-14(11-16(15)24-6-2)18(22)19(12-13(3)4)10-9-17(20)21/h7-8,11,13H,5-6,9-10,12H2,1-4H3,(H,20,21). The summed E-state index contributed by atoms with van der Waals surface area (Å²) in [6, 6.07) is 5.06. The zero-order chi connectivity index (χ0) is 18.1. The lowest BCUT2D eigenvalue weighted by atomic mass is 10.1. The van der Waals surface area contributed by atoms with Crippen LogP contribution in [0.2, 0.25) is 0 Å². The van der Waals surface area contributed by atoms with Crippen LogP contribution in [-0.4, -0.2) is 48.2 Å². The number of hydrogen-bond donors (Lipinski definition) is 1. The van der Waals surface area contributed by atoms with E-state index < -0.39 is 5.97 Å². The summed E-state index contributed by atoms with van der Waals surface area (Å²) in [5, 5.41) is 8.88. The van der Waals surface area contributed by atoms with Crippen molar-refractivity contribution in [3.05, 3.63) is 23.8 Å². The highest BCUT2D eigenvalue weighted by molar-refractivity contribution is 5.95. The van der Waals surface area contributed by atoms with Crippen molar-refractivity contribution < 1.29 is 24.2 Å². The Labute approximate surface area is 143 Å². The van der Waals surface area contributed by atoms with Crippen LogP contribution >= 0.6 is 0 Å². The van der Waals surface area contributed by atoms with Gasteiger partial charge in [-0.1, -0.05) is 13.8 Å². The average Bonchev–Trinajstić information content (AvgIpc) is 2.52. The number of rotatable bonds is 10. The number of aliphatic carboxylic acids is 1. The van der Waals surface area contributed by atoms with Crippen molar-refractivity contribution in [2.24, 2.45) is 5.92 Å². The fourth-order valence-corrected chi connectivity index (χ4v) is 2.31. The van der Waals surface area contributed by atoms with Gasteiger partial charge < -0.3 is 19.5 Å². The van der Waals surface area contributed by atoms with Crippen LogP contribution in [0.15, 0.2) is 18.2 Å². The Morgan fingerprint density at radius 2 is 1.75 bits per heavy atom. The first-order chi connectivity index (χ1) is 11.4. The molecule has 0 heterocycles. The highest BCUT2D eigenvalue weighted by Crippen LogP contribution is 2.29. The third kappa shape index (κ3) is 6.10. The maximum Gasteiger partial charge on any atom is 0.305 e. The second-order valence-corrected chi connectivity index (χ2v) is 5.82. The molecule has 0 spiro atoms. The van der Waals surface area contributed by atoms with Gasteiger partial charge in [-0.2, -0.15) is 0 Å². The monoisotopic (exact) mass is 337 g/mol. The van der Waals surface area contributed by atoms with Crippen LogP contribution in [0.25, 0.3) is 0 Å². The number of nitrogens with zero attached hydrogens (tertiary/aromatic N) is 1. The molecule has 1 N–H and O–H groups in total. The van der Waals surface area contributed by atoms with Gasteiger partial charge >= 0.3 is 5.97 Å². The lowest BCUT2D eigenvalue weighted by Crippen LogP contribution is -2.36. The summed E-state index contributed by atoms with van der Waals surface area (Å²) >= 11 is 0. The zero-order valence-corrected chi connectivity index (χ0v) is 14.9. The highest BCUT2D eigenvalue weighted by Gasteiger charge is 2.19. The van der Waals surface area contributed by atoms with Gasteiger partial charge in [0, 0.05) is 18.7 Å². The van der Waals surface area contributed by atoms with Crippen molar-refractivity contribution in [3.63, 3.8) is 0 Å². The molecule has 0 atom stereocenters. The second-order valence-electron chi connectivity index (χ2n) is 5.82. The average molecular weight is 337 g/mol. The van der Waals surface area contributed by atoms with Gasteiger partial charge in [0.2, 0.25) is 0 Å². The Bertz CT molecular complexity index is 556. The van der Waals surface area contributed by atoms with E-state index in [0.29, 0.717) is 36.8 Å². The maximum absolute atomic E-state index is 12.8. The van der Waals surface area contributed by atoms with Gasteiger partial charge in [-0.15, -0.1) is 0 Å². The number of amides is 1. The lowest BCUT2D eigenvalue weighted by Gasteiger charge is -2.24. The SMILES string of the molecule is CCOc1ccc(C(=O)N(CCC(=O)O)CC(C)C)cc1OCC. The molecule has 0 bridgehead atoms. The first-order valence-electron chi connectivity index (χ1n) is 8.29. The first kappa shape index (κ1) is 19.8. The number of ether oxygens (including phenoxy) is 2. The van der Waals surface area contributed by atoms with Gasteiger partial charge in [0.05, 0.1) is 19.6 Å². The number of carbonyl (C=O) groups excluding carboxylic acids is 1. The van der Waals surface area contributed by atoms with Crippen molar-refractivity contribution in [3.8, 4) is 11.5 Å². The van der Waals surface area contributed by atoms with E-state index in [9.17, 15) is 9.59 Å². The van der Waals surface area contributed by atoms with E-state index >= 15 is 0 Å². The largest absolute Gasteiger partial charge is 0.490 e. The molecule has 1 aromatic rings. The highest BCUT2D eigenvalue weighted by atomic mass is 16.5. The van der Waals surface area contributed by atoms with E-state index in [1.54, 1.807) is 23.1 Å². The molecule has 0 aliphatic heterocycles. The van der Waals surface area contributed by atoms with Crippen LogP contribution in [0.5, 0.6) is 11.5 Å². The van der Waals surface area contributed by atoms with E-state index in [0.717, 1.165) is 0 Å². The normalized spacial score (nSPS) is 10.5. The molecule has 0 aliphatic rings. The molecule has 0 unspecified atom stereocenters. The molecule has 134 valence electrons. The molecule has 0 saturated carbocycles. The van der Waals surface area contributed by atoms with E-state index in [1.807, 2.05) is 27.7 Å². The van der Waals surface area contributed by atoms with Crippen molar-refractivity contribution in [1.29, 1.82) is 0 Å². The summed E-state index contributed by atoms with van der Waals surface area (Å²) in [6.45, 7) is 9.38. The Hall–Kier alpha value is -2.24. The van der Waals surface area contributed by atoms with E-state index in [1.165, 1.54) is 0 Å². The van der Waals surface area contributed by atoms with Crippen LogP contribution in [0.4, 0.5) is 0 Å². The molecule has 0 radical (unpaired) electrons. The van der Waals surface area contributed by atoms with Crippen molar-refractivity contribution in [2.45, 2.75) is 34.1 Å². The number of carbonyl (C=O) groups is 2. The minimum absolute atomic E-state index is 0.0756. The Morgan fingerprint density at radius 3 is 2.29 bits per heavy atom. The van der Waals surface area contributed by atoms with Crippen LogP contribution in [0.1, 0.15) is 44.5 Å². The fraction of sp³-hybridized carbons (Fsp3) is 0.556. The molecule has 24 heavy (non-hydrogen) atoms. The van der Waals surface area contributed by atoms with E-state index in [4.69, 9.17) is 14.6 Å². The Balaban J connectivity index is 3.03. The molecule has 1 amide bonds. The molecular weight excluding hydrogens is 310 g/mol. The van der Waals surface area contributed by atoms with Gasteiger partial charge in [-0.25, -0.2) is 0 Å². The molecule has 6 nitrogen and oxygen atoms in total. The smallest absolute Gasteiger partial charge is 0.305 e. The first-order valence-corrected chi connectivity index (χ1v) is 8.29. The van der Waals surface area contributed by atoms with Gasteiger partial charge in [-0.3, -0.25) is 9.59 Å². The molecule has 0 saturated heterocycles. The fourth-order valence-electron chi connectivity index (χ4n) is 2.31. The van der Waals surface area contributed by atoms with Gasteiger partial charge in [0.1, 0.15) is 0 Å².